The second-order valence-corrected chi connectivity index (χ2v) is 5.79. The van der Waals surface area contributed by atoms with Crippen LogP contribution in [-0.4, -0.2) is 33.7 Å². The summed E-state index contributed by atoms with van der Waals surface area (Å²) in [7, 11) is 0. The fraction of sp³-hybridized carbons (Fsp3) is 0.412. The number of amides is 1. The molecule has 0 unspecified atom stereocenters. The van der Waals surface area contributed by atoms with Gasteiger partial charge in [-0.05, 0) is 37.3 Å². The van der Waals surface area contributed by atoms with Gasteiger partial charge in [0.2, 0.25) is 5.91 Å². The van der Waals surface area contributed by atoms with Crippen molar-refractivity contribution in [3.63, 3.8) is 0 Å². The number of likely N-dealkylation sites (tertiary alicyclic amines) is 1. The van der Waals surface area contributed by atoms with Crippen LogP contribution >= 0.6 is 0 Å². The van der Waals surface area contributed by atoms with E-state index in [9.17, 15) is 4.79 Å². The zero-order valence-corrected chi connectivity index (χ0v) is 12.4. The summed E-state index contributed by atoms with van der Waals surface area (Å²) < 4.78 is 1.73. The largest absolute Gasteiger partial charge is 0.341 e. The van der Waals surface area contributed by atoms with Crippen molar-refractivity contribution in [1.29, 1.82) is 0 Å². The van der Waals surface area contributed by atoms with Crippen molar-refractivity contribution in [2.45, 2.75) is 25.8 Å². The Hall–Kier alpha value is -2.10. The van der Waals surface area contributed by atoms with Crippen LogP contribution in [0.4, 0.5) is 0 Å². The van der Waals surface area contributed by atoms with Crippen molar-refractivity contribution in [3.05, 3.63) is 54.4 Å². The molecule has 1 amide bonds. The van der Waals surface area contributed by atoms with Crippen LogP contribution in [0.3, 0.4) is 0 Å². The minimum Gasteiger partial charge on any atom is -0.341 e. The molecule has 2 atom stereocenters. The fourth-order valence-electron chi connectivity index (χ4n) is 3.03. The van der Waals surface area contributed by atoms with Crippen molar-refractivity contribution < 1.29 is 4.79 Å². The highest BCUT2D eigenvalue weighted by atomic mass is 16.2. The predicted molar refractivity (Wildman–Crippen MR) is 81.8 cm³/mol. The number of nitrogens with zero attached hydrogens (tertiary/aromatic N) is 3. The Kier molecular flexibility index (Phi) is 4.04. The van der Waals surface area contributed by atoms with E-state index in [1.807, 2.05) is 30.2 Å². The summed E-state index contributed by atoms with van der Waals surface area (Å²) >= 11 is 0. The van der Waals surface area contributed by atoms with Crippen LogP contribution in [0, 0.1) is 5.92 Å². The van der Waals surface area contributed by atoms with Crippen molar-refractivity contribution >= 4 is 5.91 Å². The van der Waals surface area contributed by atoms with E-state index in [0.717, 1.165) is 25.9 Å². The van der Waals surface area contributed by atoms with E-state index in [0.29, 0.717) is 5.92 Å². The second-order valence-electron chi connectivity index (χ2n) is 5.79. The lowest BCUT2D eigenvalue weighted by atomic mass is 9.99. The molecule has 1 aromatic carbocycles. The monoisotopic (exact) mass is 283 g/mol. The van der Waals surface area contributed by atoms with Crippen LogP contribution in [0.5, 0.6) is 0 Å². The first kappa shape index (κ1) is 13.9. The van der Waals surface area contributed by atoms with Crippen LogP contribution in [-0.2, 0) is 11.2 Å². The van der Waals surface area contributed by atoms with Crippen LogP contribution in [0.25, 0.3) is 0 Å². The van der Waals surface area contributed by atoms with E-state index in [1.165, 1.54) is 5.56 Å². The van der Waals surface area contributed by atoms with E-state index < -0.39 is 0 Å². The molecule has 1 aromatic heterocycles. The molecule has 2 aromatic rings. The average Bonchev–Trinajstić information content (AvgIpc) is 3.18. The number of carbonyl (C=O) groups excluding carboxylic acids is 1. The first-order valence-corrected chi connectivity index (χ1v) is 7.56. The topological polar surface area (TPSA) is 38.1 Å². The molecule has 0 spiro atoms. The van der Waals surface area contributed by atoms with Gasteiger partial charge in [-0.25, -0.2) is 0 Å². The smallest absolute Gasteiger partial charge is 0.247 e. The molecule has 1 aliphatic rings. The highest BCUT2D eigenvalue weighted by Crippen LogP contribution is 2.23. The van der Waals surface area contributed by atoms with Gasteiger partial charge in [0.1, 0.15) is 6.04 Å². The number of benzene rings is 1. The summed E-state index contributed by atoms with van der Waals surface area (Å²) in [5.74, 6) is 0.746. The average molecular weight is 283 g/mol. The maximum Gasteiger partial charge on any atom is 0.247 e. The molecule has 0 N–H and O–H groups in total. The van der Waals surface area contributed by atoms with E-state index in [1.54, 1.807) is 10.9 Å². The number of hydrogen-bond acceptors (Lipinski definition) is 2. The molecule has 110 valence electrons. The summed E-state index contributed by atoms with van der Waals surface area (Å²) in [6.45, 7) is 3.64. The maximum atomic E-state index is 12.5. The molecule has 1 saturated heterocycles. The van der Waals surface area contributed by atoms with Gasteiger partial charge in [0.25, 0.3) is 0 Å². The first-order valence-electron chi connectivity index (χ1n) is 7.56. The normalized spacial score (nSPS) is 19.7. The molecule has 1 aliphatic heterocycles. The van der Waals surface area contributed by atoms with Crippen LogP contribution < -0.4 is 0 Å². The zero-order valence-electron chi connectivity index (χ0n) is 12.4. The maximum absolute atomic E-state index is 12.5. The molecule has 1 fully saturated rings. The third kappa shape index (κ3) is 3.15. The molecule has 2 heterocycles. The van der Waals surface area contributed by atoms with Gasteiger partial charge in [-0.3, -0.25) is 9.48 Å². The van der Waals surface area contributed by atoms with Crippen molar-refractivity contribution in [2.75, 3.05) is 13.1 Å². The molecule has 0 radical (unpaired) electrons. The minimum absolute atomic E-state index is 0.175. The molecule has 3 rings (SSSR count). The molecule has 21 heavy (non-hydrogen) atoms. The van der Waals surface area contributed by atoms with Gasteiger partial charge in [0.15, 0.2) is 0 Å². The van der Waals surface area contributed by atoms with Gasteiger partial charge in [-0.15, -0.1) is 0 Å². The summed E-state index contributed by atoms with van der Waals surface area (Å²) in [5.41, 5.74) is 1.36. The fourth-order valence-corrected chi connectivity index (χ4v) is 3.03. The SMILES string of the molecule is C[C@@H](C(=O)N1CC[C@H](Cc2ccccc2)C1)n1cccn1. The highest BCUT2D eigenvalue weighted by molar-refractivity contribution is 5.80. The lowest BCUT2D eigenvalue weighted by molar-refractivity contribution is -0.133. The van der Waals surface area contributed by atoms with Crippen molar-refractivity contribution in [3.8, 4) is 0 Å². The molecular weight excluding hydrogens is 262 g/mol. The number of rotatable bonds is 4. The molecule has 0 saturated carbocycles. The lowest BCUT2D eigenvalue weighted by Gasteiger charge is -2.21. The van der Waals surface area contributed by atoms with Crippen molar-refractivity contribution in [1.82, 2.24) is 14.7 Å². The quantitative estimate of drug-likeness (QED) is 0.865. The predicted octanol–water partition coefficient (Wildman–Crippen LogP) is 2.54. The van der Waals surface area contributed by atoms with E-state index >= 15 is 0 Å². The number of carbonyl (C=O) groups is 1. The molecular formula is C17H21N3O. The van der Waals surface area contributed by atoms with Gasteiger partial charge in [-0.2, -0.15) is 5.10 Å². The molecule has 4 heteroatoms. The van der Waals surface area contributed by atoms with Crippen molar-refractivity contribution in [2.24, 2.45) is 5.92 Å². The van der Waals surface area contributed by atoms with Crippen LogP contribution in [0.15, 0.2) is 48.8 Å². The standard InChI is InChI=1S/C17H21N3O/c1-14(20-10-5-9-18-20)17(21)19-11-8-16(13-19)12-15-6-3-2-4-7-15/h2-7,9-10,14,16H,8,11-13H2,1H3/t14-,16+/m0/s1. The van der Waals surface area contributed by atoms with Gasteiger partial charge < -0.3 is 4.90 Å². The molecule has 0 bridgehead atoms. The summed E-state index contributed by atoms with van der Waals surface area (Å²) in [6, 6.07) is 12.2. The summed E-state index contributed by atoms with van der Waals surface area (Å²) in [4.78, 5) is 14.5. The zero-order chi connectivity index (χ0) is 14.7. The van der Waals surface area contributed by atoms with E-state index in [2.05, 4.69) is 29.4 Å². The Morgan fingerprint density at radius 1 is 1.33 bits per heavy atom. The van der Waals surface area contributed by atoms with Gasteiger partial charge in [0, 0.05) is 25.5 Å². The third-order valence-electron chi connectivity index (χ3n) is 4.24. The second kappa shape index (κ2) is 6.12. The van der Waals surface area contributed by atoms with Crippen LogP contribution in [0.2, 0.25) is 0 Å². The first-order chi connectivity index (χ1) is 10.2. The Morgan fingerprint density at radius 3 is 2.86 bits per heavy atom. The number of hydrogen-bond donors (Lipinski definition) is 0. The van der Waals surface area contributed by atoms with Gasteiger partial charge in [0.05, 0.1) is 0 Å². The lowest BCUT2D eigenvalue weighted by Crippen LogP contribution is -2.34. The minimum atomic E-state index is -0.213. The molecule has 0 aliphatic carbocycles. The number of aromatic nitrogens is 2. The Balaban J connectivity index is 1.58. The van der Waals surface area contributed by atoms with Crippen LogP contribution in [0.1, 0.15) is 24.9 Å². The summed E-state index contributed by atoms with van der Waals surface area (Å²) in [5, 5.41) is 4.16. The van der Waals surface area contributed by atoms with E-state index in [-0.39, 0.29) is 11.9 Å². The third-order valence-corrected chi connectivity index (χ3v) is 4.24. The Morgan fingerprint density at radius 2 is 2.14 bits per heavy atom. The summed E-state index contributed by atoms with van der Waals surface area (Å²) in [6.07, 6.45) is 5.71. The van der Waals surface area contributed by atoms with Gasteiger partial charge in [-0.1, -0.05) is 30.3 Å². The Bertz CT molecular complexity index is 579. The van der Waals surface area contributed by atoms with E-state index in [4.69, 9.17) is 0 Å². The Labute approximate surface area is 125 Å². The van der Waals surface area contributed by atoms with Gasteiger partial charge >= 0.3 is 0 Å². The highest BCUT2D eigenvalue weighted by Gasteiger charge is 2.29. The molecule has 4 nitrogen and oxygen atoms in total.